The van der Waals surface area contributed by atoms with Gasteiger partial charge in [-0.05, 0) is 37.8 Å². The number of hydrogen-bond donors (Lipinski definition) is 1. The molecule has 0 saturated heterocycles. The molecule has 2 aromatic carbocycles. The fourth-order valence-electron chi connectivity index (χ4n) is 4.05. The van der Waals surface area contributed by atoms with Crippen LogP contribution in [0.25, 0.3) is 0 Å². The summed E-state index contributed by atoms with van der Waals surface area (Å²) in [5, 5.41) is 31.8. The van der Waals surface area contributed by atoms with Gasteiger partial charge in [0.1, 0.15) is 0 Å². The number of aliphatic hydroxyl groups is 1. The molecule has 0 bridgehead atoms. The Morgan fingerprint density at radius 2 is 2.00 bits per heavy atom. The summed E-state index contributed by atoms with van der Waals surface area (Å²) in [6.45, 7) is 3.51. The molecule has 0 aliphatic carbocycles. The van der Waals surface area contributed by atoms with Crippen LogP contribution >= 0.6 is 0 Å². The fourth-order valence-corrected chi connectivity index (χ4v) is 4.05. The number of aliphatic hydroxyl groups excluding tert-OH is 1. The molecule has 0 spiro atoms. The maximum absolute atomic E-state index is 13.0. The van der Waals surface area contributed by atoms with E-state index in [4.69, 9.17) is 4.74 Å². The van der Waals surface area contributed by atoms with E-state index in [0.29, 0.717) is 23.4 Å². The van der Waals surface area contributed by atoms with Crippen LogP contribution in [0.3, 0.4) is 0 Å². The number of nitriles is 1. The number of nitrogens with zero attached hydrogens (tertiary/aromatic N) is 3. The molecule has 8 heteroatoms. The first-order chi connectivity index (χ1) is 15.9. The van der Waals surface area contributed by atoms with Gasteiger partial charge in [0.25, 0.3) is 5.69 Å². The lowest BCUT2D eigenvalue weighted by atomic mass is 9.75. The Morgan fingerprint density at radius 1 is 1.27 bits per heavy atom. The molecule has 0 fully saturated rings. The van der Waals surface area contributed by atoms with Crippen molar-refractivity contribution in [3.63, 3.8) is 0 Å². The van der Waals surface area contributed by atoms with Crippen LogP contribution in [-0.2, 0) is 9.53 Å². The third kappa shape index (κ3) is 5.33. The average molecular weight is 447 g/mol. The van der Waals surface area contributed by atoms with Gasteiger partial charge in [0.2, 0.25) is 0 Å². The molecule has 3 atom stereocenters. The molecule has 3 unspecified atom stereocenters. The lowest BCUT2D eigenvalue weighted by Crippen LogP contribution is -2.30. The SMILES string of the molecule is CCOC(=O)C1=C(CCC(O)c2ccccc2)N=C(C)C(C#N)C1c1cccc([N+](=O)[O-])c1. The van der Waals surface area contributed by atoms with Crippen LogP contribution < -0.4 is 0 Å². The van der Waals surface area contributed by atoms with Gasteiger partial charge in [0, 0.05) is 23.8 Å². The molecule has 33 heavy (non-hydrogen) atoms. The molecule has 0 saturated carbocycles. The minimum Gasteiger partial charge on any atom is -0.463 e. The first-order valence-corrected chi connectivity index (χ1v) is 10.7. The normalized spacial score (nSPS) is 18.8. The maximum atomic E-state index is 13.0. The summed E-state index contributed by atoms with van der Waals surface area (Å²) in [6.07, 6.45) is -0.189. The van der Waals surface area contributed by atoms with Gasteiger partial charge in [0.05, 0.1) is 40.9 Å². The third-order valence-electron chi connectivity index (χ3n) is 5.63. The highest BCUT2D eigenvalue weighted by Gasteiger charge is 2.39. The second-order valence-electron chi connectivity index (χ2n) is 7.74. The molecule has 1 aliphatic heterocycles. The number of allylic oxidation sites excluding steroid dienone is 1. The van der Waals surface area contributed by atoms with E-state index in [1.807, 2.05) is 30.3 Å². The lowest BCUT2D eigenvalue weighted by molar-refractivity contribution is -0.384. The predicted molar refractivity (Wildman–Crippen MR) is 122 cm³/mol. The number of aliphatic imine (C=N–C) groups is 1. The standard InChI is InChI=1S/C25H25N3O5/c1-3-33-25(30)24-21(12-13-22(29)17-8-5-4-6-9-17)27-16(2)20(15-26)23(24)18-10-7-11-19(14-18)28(31)32/h4-11,14,20,22-23,29H,3,12-13H2,1-2H3. The van der Waals surface area contributed by atoms with Gasteiger partial charge in [-0.1, -0.05) is 42.5 Å². The Hall–Kier alpha value is -3.83. The lowest BCUT2D eigenvalue weighted by Gasteiger charge is -2.30. The number of esters is 1. The van der Waals surface area contributed by atoms with Gasteiger partial charge >= 0.3 is 5.97 Å². The average Bonchev–Trinajstić information content (AvgIpc) is 2.82. The van der Waals surface area contributed by atoms with E-state index in [-0.39, 0.29) is 24.3 Å². The summed E-state index contributed by atoms with van der Waals surface area (Å²) in [6, 6.07) is 17.3. The van der Waals surface area contributed by atoms with E-state index >= 15 is 0 Å². The van der Waals surface area contributed by atoms with Crippen LogP contribution in [0.1, 0.15) is 49.8 Å². The monoisotopic (exact) mass is 447 g/mol. The predicted octanol–water partition coefficient (Wildman–Crippen LogP) is 4.62. The number of benzene rings is 2. The van der Waals surface area contributed by atoms with E-state index < -0.39 is 28.8 Å². The van der Waals surface area contributed by atoms with Crippen LogP contribution in [0, 0.1) is 27.4 Å². The van der Waals surface area contributed by atoms with Crippen molar-refractivity contribution >= 4 is 17.4 Å². The molecular weight excluding hydrogens is 422 g/mol. The van der Waals surface area contributed by atoms with Crippen molar-refractivity contribution in [1.82, 2.24) is 0 Å². The molecular formula is C25H25N3O5. The number of carbonyl (C=O) groups excluding carboxylic acids is 1. The second kappa shape index (κ2) is 10.7. The quantitative estimate of drug-likeness (QED) is 0.357. The van der Waals surface area contributed by atoms with Crippen LogP contribution in [0.2, 0.25) is 0 Å². The van der Waals surface area contributed by atoms with Crippen molar-refractivity contribution in [3.8, 4) is 6.07 Å². The summed E-state index contributed by atoms with van der Waals surface area (Å²) in [5.74, 6) is -2.17. The molecule has 2 aromatic rings. The highest BCUT2D eigenvalue weighted by Crippen LogP contribution is 2.41. The molecule has 1 aliphatic rings. The number of nitro benzene ring substituents is 1. The zero-order valence-corrected chi connectivity index (χ0v) is 18.5. The molecule has 0 radical (unpaired) electrons. The van der Waals surface area contributed by atoms with Crippen LogP contribution in [0.5, 0.6) is 0 Å². The number of nitro groups is 1. The summed E-state index contributed by atoms with van der Waals surface area (Å²) in [5.41, 5.74) is 2.21. The molecule has 170 valence electrons. The van der Waals surface area contributed by atoms with E-state index in [2.05, 4.69) is 11.1 Å². The fraction of sp³-hybridized carbons (Fsp3) is 0.320. The Labute approximate surface area is 192 Å². The number of rotatable bonds is 8. The summed E-state index contributed by atoms with van der Waals surface area (Å²) in [7, 11) is 0. The minimum absolute atomic E-state index is 0.129. The Morgan fingerprint density at radius 3 is 2.64 bits per heavy atom. The topological polar surface area (TPSA) is 126 Å². The second-order valence-corrected chi connectivity index (χ2v) is 7.74. The van der Waals surface area contributed by atoms with Gasteiger partial charge < -0.3 is 9.84 Å². The van der Waals surface area contributed by atoms with E-state index in [1.54, 1.807) is 19.9 Å². The Balaban J connectivity index is 2.07. The minimum atomic E-state index is -0.783. The van der Waals surface area contributed by atoms with Crippen LogP contribution in [0.4, 0.5) is 5.69 Å². The van der Waals surface area contributed by atoms with Crippen molar-refractivity contribution in [2.75, 3.05) is 6.61 Å². The first kappa shape index (κ1) is 23.8. The number of carbonyl (C=O) groups is 1. The zero-order chi connectivity index (χ0) is 24.0. The van der Waals surface area contributed by atoms with Crippen LogP contribution in [-0.4, -0.2) is 28.3 Å². The maximum Gasteiger partial charge on any atom is 0.336 e. The first-order valence-electron chi connectivity index (χ1n) is 10.7. The van der Waals surface area contributed by atoms with E-state index in [9.17, 15) is 25.3 Å². The van der Waals surface area contributed by atoms with Gasteiger partial charge in [-0.2, -0.15) is 5.26 Å². The van der Waals surface area contributed by atoms with Gasteiger partial charge in [0.15, 0.2) is 0 Å². The number of ether oxygens (including phenoxy) is 1. The molecule has 1 heterocycles. The van der Waals surface area contributed by atoms with Crippen molar-refractivity contribution in [1.29, 1.82) is 5.26 Å². The van der Waals surface area contributed by atoms with E-state index in [1.165, 1.54) is 18.2 Å². The molecule has 0 aromatic heterocycles. The smallest absolute Gasteiger partial charge is 0.336 e. The van der Waals surface area contributed by atoms with Crippen LogP contribution in [0.15, 0.2) is 70.9 Å². The summed E-state index contributed by atoms with van der Waals surface area (Å²) >= 11 is 0. The summed E-state index contributed by atoms with van der Waals surface area (Å²) in [4.78, 5) is 28.4. The molecule has 8 nitrogen and oxygen atoms in total. The largest absolute Gasteiger partial charge is 0.463 e. The van der Waals surface area contributed by atoms with Gasteiger partial charge in [-0.3, -0.25) is 15.1 Å². The zero-order valence-electron chi connectivity index (χ0n) is 18.5. The van der Waals surface area contributed by atoms with Crippen molar-refractivity contribution in [3.05, 3.63) is 87.1 Å². The summed E-state index contributed by atoms with van der Waals surface area (Å²) < 4.78 is 5.29. The highest BCUT2D eigenvalue weighted by atomic mass is 16.6. The highest BCUT2D eigenvalue weighted by molar-refractivity contribution is 5.98. The molecule has 3 rings (SSSR count). The Kier molecular flexibility index (Phi) is 7.70. The van der Waals surface area contributed by atoms with Crippen molar-refractivity contribution in [2.45, 2.75) is 38.7 Å². The van der Waals surface area contributed by atoms with Gasteiger partial charge in [-0.25, -0.2) is 4.79 Å². The van der Waals surface area contributed by atoms with Crippen molar-refractivity contribution in [2.24, 2.45) is 10.9 Å². The van der Waals surface area contributed by atoms with Gasteiger partial charge in [-0.15, -0.1) is 0 Å². The number of hydrogen-bond acceptors (Lipinski definition) is 7. The molecule has 1 N–H and O–H groups in total. The third-order valence-corrected chi connectivity index (χ3v) is 5.63. The molecule has 0 amide bonds. The van der Waals surface area contributed by atoms with Crippen molar-refractivity contribution < 1.29 is 19.6 Å². The van der Waals surface area contributed by atoms with E-state index in [0.717, 1.165) is 5.56 Å². The Bertz CT molecular complexity index is 1130. The number of non-ortho nitro benzene ring substituents is 1.